The third kappa shape index (κ3) is 1.02. The van der Waals surface area contributed by atoms with Gasteiger partial charge >= 0.3 is 0 Å². The van der Waals surface area contributed by atoms with E-state index in [1.165, 1.54) is 0 Å². The summed E-state index contributed by atoms with van der Waals surface area (Å²) < 4.78 is 0. The minimum Gasteiger partial charge on any atom is -0.267 e. The third-order valence-electron chi connectivity index (χ3n) is 1.36. The van der Waals surface area contributed by atoms with Crippen LogP contribution < -0.4 is 5.32 Å². The predicted octanol–water partition coefficient (Wildman–Crippen LogP) is 0.784. The molecule has 1 aliphatic heterocycles. The smallest absolute Gasteiger partial charge is 0.267 e. The SMILES string of the molecule is CC1=C(C)C(=O)[N][C]=C1. The molecular formula is C7H7NO. The zero-order chi connectivity index (χ0) is 6.85. The van der Waals surface area contributed by atoms with E-state index in [0.717, 1.165) is 5.57 Å². The van der Waals surface area contributed by atoms with Crippen molar-refractivity contribution in [1.29, 1.82) is 0 Å². The fourth-order valence-electron chi connectivity index (χ4n) is 0.549. The van der Waals surface area contributed by atoms with E-state index in [1.807, 2.05) is 6.92 Å². The first kappa shape index (κ1) is 6.08. The fourth-order valence-corrected chi connectivity index (χ4v) is 0.549. The van der Waals surface area contributed by atoms with Gasteiger partial charge in [0.05, 0.1) is 6.20 Å². The maximum absolute atomic E-state index is 10.7. The van der Waals surface area contributed by atoms with Crippen LogP contribution in [-0.2, 0) is 4.79 Å². The van der Waals surface area contributed by atoms with Crippen molar-refractivity contribution in [2.24, 2.45) is 0 Å². The number of amides is 1. The predicted molar refractivity (Wildman–Crippen MR) is 33.3 cm³/mol. The Morgan fingerprint density at radius 2 is 2.22 bits per heavy atom. The number of carbonyl (C=O) groups is 1. The van der Waals surface area contributed by atoms with Crippen molar-refractivity contribution in [2.45, 2.75) is 13.8 Å². The number of carbonyl (C=O) groups excluding carboxylic acids is 1. The van der Waals surface area contributed by atoms with Crippen LogP contribution in [0.4, 0.5) is 0 Å². The van der Waals surface area contributed by atoms with Crippen molar-refractivity contribution in [3.63, 3.8) is 0 Å². The molecule has 0 unspecified atom stereocenters. The Labute approximate surface area is 54.3 Å². The number of rotatable bonds is 0. The van der Waals surface area contributed by atoms with Gasteiger partial charge in [-0.1, -0.05) is 0 Å². The van der Waals surface area contributed by atoms with Crippen LogP contribution in [-0.4, -0.2) is 5.91 Å². The topological polar surface area (TPSA) is 31.2 Å². The second kappa shape index (κ2) is 2.05. The first-order chi connectivity index (χ1) is 4.22. The molecule has 0 spiro atoms. The summed E-state index contributed by atoms with van der Waals surface area (Å²) in [5, 5.41) is 3.46. The second-order valence-corrected chi connectivity index (χ2v) is 2.00. The highest BCUT2D eigenvalue weighted by Crippen LogP contribution is 2.08. The van der Waals surface area contributed by atoms with Crippen molar-refractivity contribution in [3.8, 4) is 0 Å². The highest BCUT2D eigenvalue weighted by Gasteiger charge is 2.09. The normalized spacial score (nSPS) is 18.2. The number of nitrogens with zero attached hydrogens (tertiary/aromatic N) is 1. The Balaban J connectivity index is 2.97. The lowest BCUT2D eigenvalue weighted by atomic mass is 10.1. The van der Waals surface area contributed by atoms with Gasteiger partial charge in [0.25, 0.3) is 5.91 Å². The second-order valence-electron chi connectivity index (χ2n) is 2.00. The van der Waals surface area contributed by atoms with Gasteiger partial charge in [-0.05, 0) is 25.5 Å². The molecule has 0 saturated carbocycles. The van der Waals surface area contributed by atoms with Crippen LogP contribution in [0.5, 0.6) is 0 Å². The van der Waals surface area contributed by atoms with Crippen LogP contribution in [0, 0.1) is 6.20 Å². The lowest BCUT2D eigenvalue weighted by Gasteiger charge is -2.04. The number of hydrogen-bond acceptors (Lipinski definition) is 1. The molecule has 0 aliphatic carbocycles. The Kier molecular flexibility index (Phi) is 1.39. The summed E-state index contributed by atoms with van der Waals surface area (Å²) >= 11 is 0. The highest BCUT2D eigenvalue weighted by molar-refractivity contribution is 5.95. The van der Waals surface area contributed by atoms with Crippen molar-refractivity contribution in [2.75, 3.05) is 0 Å². The molecule has 0 aromatic rings. The maximum Gasteiger partial charge on any atom is 0.273 e. The molecule has 0 N–H and O–H groups in total. The van der Waals surface area contributed by atoms with Gasteiger partial charge in [-0.15, -0.1) is 0 Å². The molecule has 1 aliphatic rings. The first-order valence-electron chi connectivity index (χ1n) is 2.73. The molecule has 2 heteroatoms. The lowest BCUT2D eigenvalue weighted by molar-refractivity contribution is -0.117. The van der Waals surface area contributed by atoms with E-state index in [2.05, 4.69) is 11.5 Å². The molecule has 1 rings (SSSR count). The van der Waals surface area contributed by atoms with Gasteiger partial charge in [-0.2, -0.15) is 0 Å². The summed E-state index contributed by atoms with van der Waals surface area (Å²) in [7, 11) is 0. The summed E-state index contributed by atoms with van der Waals surface area (Å²) in [6.45, 7) is 3.63. The van der Waals surface area contributed by atoms with Gasteiger partial charge in [-0.25, -0.2) is 5.32 Å². The molecular weight excluding hydrogens is 114 g/mol. The zero-order valence-corrected chi connectivity index (χ0v) is 5.43. The fraction of sp³-hybridized carbons (Fsp3) is 0.286. The summed E-state index contributed by atoms with van der Waals surface area (Å²) in [6, 6.07) is 0. The molecule has 9 heavy (non-hydrogen) atoms. The van der Waals surface area contributed by atoms with E-state index in [-0.39, 0.29) is 5.91 Å². The van der Waals surface area contributed by atoms with Crippen molar-refractivity contribution in [1.82, 2.24) is 5.32 Å². The van der Waals surface area contributed by atoms with E-state index in [0.29, 0.717) is 5.57 Å². The minimum atomic E-state index is -0.171. The molecule has 0 saturated heterocycles. The largest absolute Gasteiger partial charge is 0.273 e. The highest BCUT2D eigenvalue weighted by atomic mass is 16.1. The van der Waals surface area contributed by atoms with Crippen LogP contribution in [0.3, 0.4) is 0 Å². The van der Waals surface area contributed by atoms with E-state index in [9.17, 15) is 4.79 Å². The molecule has 0 fully saturated rings. The van der Waals surface area contributed by atoms with E-state index in [4.69, 9.17) is 0 Å². The van der Waals surface area contributed by atoms with E-state index < -0.39 is 0 Å². The standard InChI is InChI=1S/C7H7NO/c1-5-3-4-8-7(9)6(5)2/h3H,1-2H3. The average Bonchev–Trinajstić information content (AvgIpc) is 1.83. The van der Waals surface area contributed by atoms with Crippen molar-refractivity contribution >= 4 is 5.91 Å². The van der Waals surface area contributed by atoms with Gasteiger partial charge in [0.1, 0.15) is 0 Å². The molecule has 46 valence electrons. The molecule has 0 atom stereocenters. The Morgan fingerprint density at radius 3 is 2.67 bits per heavy atom. The Morgan fingerprint density at radius 1 is 1.56 bits per heavy atom. The molecule has 2 radical (unpaired) electrons. The maximum atomic E-state index is 10.7. The summed E-state index contributed by atoms with van der Waals surface area (Å²) in [4.78, 5) is 10.7. The van der Waals surface area contributed by atoms with Crippen LogP contribution >= 0.6 is 0 Å². The van der Waals surface area contributed by atoms with Gasteiger partial charge < -0.3 is 0 Å². The Bertz CT molecular complexity index is 201. The monoisotopic (exact) mass is 121 g/mol. The van der Waals surface area contributed by atoms with Crippen molar-refractivity contribution in [3.05, 3.63) is 23.4 Å². The molecule has 1 amide bonds. The molecule has 0 bridgehead atoms. The van der Waals surface area contributed by atoms with E-state index in [1.54, 1.807) is 13.0 Å². The summed E-state index contributed by atoms with van der Waals surface area (Å²) in [6.07, 6.45) is 4.21. The van der Waals surface area contributed by atoms with Gasteiger partial charge in [0, 0.05) is 5.57 Å². The number of allylic oxidation sites excluding steroid dienone is 2. The zero-order valence-electron chi connectivity index (χ0n) is 5.43. The third-order valence-corrected chi connectivity index (χ3v) is 1.36. The summed E-state index contributed by atoms with van der Waals surface area (Å²) in [5.74, 6) is -0.171. The van der Waals surface area contributed by atoms with Gasteiger partial charge in [0.15, 0.2) is 0 Å². The van der Waals surface area contributed by atoms with Gasteiger partial charge in [0.2, 0.25) is 0 Å². The summed E-state index contributed by atoms with van der Waals surface area (Å²) in [5.41, 5.74) is 1.67. The molecule has 1 heterocycles. The van der Waals surface area contributed by atoms with Crippen LogP contribution in [0.25, 0.3) is 0 Å². The molecule has 0 aromatic heterocycles. The molecule has 0 aromatic carbocycles. The van der Waals surface area contributed by atoms with Gasteiger partial charge in [-0.3, -0.25) is 4.79 Å². The quantitative estimate of drug-likeness (QED) is 0.466. The van der Waals surface area contributed by atoms with Crippen LogP contribution in [0.1, 0.15) is 13.8 Å². The average molecular weight is 121 g/mol. The molecule has 2 nitrogen and oxygen atoms in total. The van der Waals surface area contributed by atoms with E-state index >= 15 is 0 Å². The minimum absolute atomic E-state index is 0.171. The van der Waals surface area contributed by atoms with Crippen molar-refractivity contribution < 1.29 is 4.79 Å². The van der Waals surface area contributed by atoms with Crippen LogP contribution in [0.15, 0.2) is 17.2 Å². The number of hydrogen-bond donors (Lipinski definition) is 0. The Hall–Kier alpha value is -1.05. The lowest BCUT2D eigenvalue weighted by Crippen LogP contribution is -2.15. The first-order valence-corrected chi connectivity index (χ1v) is 2.73. The van der Waals surface area contributed by atoms with Crippen LogP contribution in [0.2, 0.25) is 0 Å².